The largest absolute Gasteiger partial charge is 0.394 e. The summed E-state index contributed by atoms with van der Waals surface area (Å²) in [4.78, 5) is 13.4. The third-order valence-electron chi connectivity index (χ3n) is 3.42. The van der Waals surface area contributed by atoms with E-state index in [1.54, 1.807) is 14.0 Å². The Labute approximate surface area is 121 Å². The Hall–Kier alpha value is -1.59. The molecule has 0 aliphatic carbocycles. The number of benzene rings is 1. The Bertz CT molecular complexity index is 420. The zero-order valence-electron chi connectivity index (χ0n) is 12.7. The molecule has 0 heterocycles. The SMILES string of the molecule is CCNC(C)c1ccc(NC(=O)N(C)C(C)CO)cc1. The number of carbonyl (C=O) groups excluding carboxylic acids is 1. The molecular weight excluding hydrogens is 254 g/mol. The van der Waals surface area contributed by atoms with E-state index in [1.807, 2.05) is 24.3 Å². The third-order valence-corrected chi connectivity index (χ3v) is 3.42. The van der Waals surface area contributed by atoms with Gasteiger partial charge in [-0.05, 0) is 38.1 Å². The highest BCUT2D eigenvalue weighted by Crippen LogP contribution is 2.16. The lowest BCUT2D eigenvalue weighted by Crippen LogP contribution is -2.40. The molecule has 0 aromatic heterocycles. The fraction of sp³-hybridized carbons (Fsp3) is 0.533. The van der Waals surface area contributed by atoms with Crippen molar-refractivity contribution in [2.75, 3.05) is 25.5 Å². The van der Waals surface area contributed by atoms with Crippen molar-refractivity contribution in [3.8, 4) is 0 Å². The fourth-order valence-electron chi connectivity index (χ4n) is 1.81. The minimum Gasteiger partial charge on any atom is -0.394 e. The number of rotatable bonds is 6. The average Bonchev–Trinajstić information content (AvgIpc) is 2.46. The number of nitrogens with zero attached hydrogens (tertiary/aromatic N) is 1. The van der Waals surface area contributed by atoms with Gasteiger partial charge in [0, 0.05) is 18.8 Å². The lowest BCUT2D eigenvalue weighted by atomic mass is 10.1. The number of carbonyl (C=O) groups is 1. The first-order valence-corrected chi connectivity index (χ1v) is 6.97. The zero-order valence-corrected chi connectivity index (χ0v) is 12.7. The number of urea groups is 1. The highest BCUT2D eigenvalue weighted by atomic mass is 16.3. The van der Waals surface area contributed by atoms with Crippen LogP contribution < -0.4 is 10.6 Å². The monoisotopic (exact) mass is 279 g/mol. The van der Waals surface area contributed by atoms with Crippen LogP contribution >= 0.6 is 0 Å². The second-order valence-electron chi connectivity index (χ2n) is 4.97. The van der Waals surface area contributed by atoms with Gasteiger partial charge in [-0.25, -0.2) is 4.79 Å². The molecule has 5 heteroatoms. The van der Waals surface area contributed by atoms with E-state index in [2.05, 4.69) is 24.5 Å². The number of aliphatic hydroxyl groups is 1. The van der Waals surface area contributed by atoms with Gasteiger partial charge in [-0.3, -0.25) is 0 Å². The molecule has 0 aliphatic heterocycles. The maximum atomic E-state index is 11.9. The number of hydrogen-bond acceptors (Lipinski definition) is 3. The van der Waals surface area contributed by atoms with Crippen molar-refractivity contribution in [1.82, 2.24) is 10.2 Å². The van der Waals surface area contributed by atoms with Crippen molar-refractivity contribution in [3.63, 3.8) is 0 Å². The molecule has 112 valence electrons. The molecule has 1 aromatic carbocycles. The average molecular weight is 279 g/mol. The van der Waals surface area contributed by atoms with Crippen LogP contribution in [0.3, 0.4) is 0 Å². The van der Waals surface area contributed by atoms with Gasteiger partial charge in [0.25, 0.3) is 0 Å². The van der Waals surface area contributed by atoms with E-state index >= 15 is 0 Å². The molecule has 1 rings (SSSR count). The summed E-state index contributed by atoms with van der Waals surface area (Å²) in [5.41, 5.74) is 1.93. The van der Waals surface area contributed by atoms with Crippen LogP contribution in [-0.2, 0) is 0 Å². The highest BCUT2D eigenvalue weighted by Gasteiger charge is 2.14. The van der Waals surface area contributed by atoms with Gasteiger partial charge in [-0.2, -0.15) is 0 Å². The first kappa shape index (κ1) is 16.5. The number of anilines is 1. The Morgan fingerprint density at radius 2 is 1.90 bits per heavy atom. The Morgan fingerprint density at radius 3 is 2.40 bits per heavy atom. The smallest absolute Gasteiger partial charge is 0.321 e. The summed E-state index contributed by atoms with van der Waals surface area (Å²) in [7, 11) is 1.66. The predicted molar refractivity (Wildman–Crippen MR) is 81.9 cm³/mol. The molecule has 5 nitrogen and oxygen atoms in total. The summed E-state index contributed by atoms with van der Waals surface area (Å²) < 4.78 is 0. The Kier molecular flexibility index (Phi) is 6.48. The van der Waals surface area contributed by atoms with E-state index < -0.39 is 0 Å². The van der Waals surface area contributed by atoms with Crippen molar-refractivity contribution < 1.29 is 9.90 Å². The first-order valence-electron chi connectivity index (χ1n) is 6.97. The van der Waals surface area contributed by atoms with Crippen LogP contribution in [0.2, 0.25) is 0 Å². The molecule has 0 saturated heterocycles. The minimum atomic E-state index is -0.223. The molecular formula is C15H25N3O2. The van der Waals surface area contributed by atoms with Crippen molar-refractivity contribution in [2.45, 2.75) is 32.9 Å². The van der Waals surface area contributed by atoms with Gasteiger partial charge in [0.2, 0.25) is 0 Å². The van der Waals surface area contributed by atoms with Crippen molar-refractivity contribution in [3.05, 3.63) is 29.8 Å². The summed E-state index contributed by atoms with van der Waals surface area (Å²) in [6.45, 7) is 6.84. The van der Waals surface area contributed by atoms with Crippen molar-refractivity contribution in [2.24, 2.45) is 0 Å². The van der Waals surface area contributed by atoms with E-state index in [4.69, 9.17) is 5.11 Å². The molecule has 2 atom stereocenters. The van der Waals surface area contributed by atoms with Crippen molar-refractivity contribution >= 4 is 11.7 Å². The van der Waals surface area contributed by atoms with Crippen LogP contribution in [-0.4, -0.2) is 42.3 Å². The number of likely N-dealkylation sites (N-methyl/N-ethyl adjacent to an activating group) is 1. The first-order chi connectivity index (χ1) is 9.49. The topological polar surface area (TPSA) is 64.6 Å². The Morgan fingerprint density at radius 1 is 1.30 bits per heavy atom. The number of hydrogen-bond donors (Lipinski definition) is 3. The van der Waals surface area contributed by atoms with Crippen LogP contribution in [0.4, 0.5) is 10.5 Å². The van der Waals surface area contributed by atoms with E-state index in [9.17, 15) is 4.79 Å². The predicted octanol–water partition coefficient (Wildman–Crippen LogP) is 2.20. The standard InChI is InChI=1S/C15H25N3O2/c1-5-16-12(3)13-6-8-14(9-7-13)17-15(20)18(4)11(2)10-19/h6-9,11-12,16,19H,5,10H2,1-4H3,(H,17,20). The lowest BCUT2D eigenvalue weighted by molar-refractivity contribution is 0.166. The summed E-state index contributed by atoms with van der Waals surface area (Å²) >= 11 is 0. The van der Waals surface area contributed by atoms with Crippen LogP contribution in [0.5, 0.6) is 0 Å². The molecule has 1 aromatic rings. The molecule has 0 fully saturated rings. The molecule has 0 spiro atoms. The molecule has 0 saturated carbocycles. The van der Waals surface area contributed by atoms with Crippen molar-refractivity contribution in [1.29, 1.82) is 0 Å². The quantitative estimate of drug-likeness (QED) is 0.748. The molecule has 2 amide bonds. The minimum absolute atomic E-state index is 0.0525. The maximum absolute atomic E-state index is 11.9. The van der Waals surface area contributed by atoms with Gasteiger partial charge in [0.1, 0.15) is 0 Å². The molecule has 2 unspecified atom stereocenters. The molecule has 0 bridgehead atoms. The van der Waals surface area contributed by atoms with Gasteiger partial charge >= 0.3 is 6.03 Å². The highest BCUT2D eigenvalue weighted by molar-refractivity contribution is 5.89. The second kappa shape index (κ2) is 7.87. The van der Waals surface area contributed by atoms with Gasteiger partial charge in [0.05, 0.1) is 12.6 Å². The van der Waals surface area contributed by atoms with Crippen LogP contribution in [0.1, 0.15) is 32.4 Å². The number of aliphatic hydroxyl groups excluding tert-OH is 1. The van der Waals surface area contributed by atoms with Crippen LogP contribution in [0.25, 0.3) is 0 Å². The van der Waals surface area contributed by atoms with Gasteiger partial charge in [-0.1, -0.05) is 19.1 Å². The van der Waals surface area contributed by atoms with Gasteiger partial charge in [0.15, 0.2) is 0 Å². The van der Waals surface area contributed by atoms with E-state index in [-0.39, 0.29) is 18.7 Å². The molecule has 3 N–H and O–H groups in total. The van der Waals surface area contributed by atoms with Crippen LogP contribution in [0, 0.1) is 0 Å². The van der Waals surface area contributed by atoms with E-state index in [0.717, 1.165) is 12.2 Å². The normalized spacial score (nSPS) is 13.7. The third kappa shape index (κ3) is 4.51. The number of amides is 2. The van der Waals surface area contributed by atoms with Crippen LogP contribution in [0.15, 0.2) is 24.3 Å². The zero-order chi connectivity index (χ0) is 15.1. The van der Waals surface area contributed by atoms with E-state index in [0.29, 0.717) is 6.04 Å². The lowest BCUT2D eigenvalue weighted by Gasteiger charge is -2.23. The summed E-state index contributed by atoms with van der Waals surface area (Å²) in [5.74, 6) is 0. The van der Waals surface area contributed by atoms with Gasteiger partial charge in [-0.15, -0.1) is 0 Å². The molecule has 0 radical (unpaired) electrons. The molecule has 20 heavy (non-hydrogen) atoms. The van der Waals surface area contributed by atoms with Gasteiger partial charge < -0.3 is 20.6 Å². The Balaban J connectivity index is 2.63. The fourth-order valence-corrected chi connectivity index (χ4v) is 1.81. The number of nitrogens with one attached hydrogen (secondary N) is 2. The summed E-state index contributed by atoms with van der Waals surface area (Å²) in [5, 5.41) is 15.2. The van der Waals surface area contributed by atoms with E-state index in [1.165, 1.54) is 10.5 Å². The molecule has 0 aliphatic rings. The summed E-state index contributed by atoms with van der Waals surface area (Å²) in [6, 6.07) is 7.64. The second-order valence-corrected chi connectivity index (χ2v) is 4.97. The maximum Gasteiger partial charge on any atom is 0.321 e. The summed E-state index contributed by atoms with van der Waals surface area (Å²) in [6.07, 6.45) is 0.